The van der Waals surface area contributed by atoms with Crippen molar-refractivity contribution in [2.45, 2.75) is 6.92 Å². The summed E-state index contributed by atoms with van der Waals surface area (Å²) in [4.78, 5) is 19.5. The second-order valence-electron chi connectivity index (χ2n) is 3.90. The SMILES string of the molecule is CCOc1ccc(Br)cc1/C=N\NC(=O)c1cnccn1. The first kappa shape index (κ1) is 15.1. The number of aromatic nitrogens is 2. The molecule has 0 fully saturated rings. The molecule has 0 atom stereocenters. The number of rotatable bonds is 5. The molecule has 0 saturated heterocycles. The lowest BCUT2D eigenvalue weighted by Gasteiger charge is -2.07. The molecule has 0 radical (unpaired) electrons. The van der Waals surface area contributed by atoms with Gasteiger partial charge >= 0.3 is 0 Å². The van der Waals surface area contributed by atoms with E-state index in [1.54, 1.807) is 0 Å². The molecule has 0 aliphatic carbocycles. The second-order valence-corrected chi connectivity index (χ2v) is 4.82. The van der Waals surface area contributed by atoms with Gasteiger partial charge in [0, 0.05) is 22.4 Å². The molecule has 1 N–H and O–H groups in total. The van der Waals surface area contributed by atoms with Gasteiger partial charge in [0.1, 0.15) is 11.4 Å². The van der Waals surface area contributed by atoms with Gasteiger partial charge in [-0.1, -0.05) is 15.9 Å². The monoisotopic (exact) mass is 348 g/mol. The number of halogens is 1. The zero-order valence-electron chi connectivity index (χ0n) is 11.3. The van der Waals surface area contributed by atoms with Crippen LogP contribution in [-0.2, 0) is 0 Å². The average molecular weight is 349 g/mol. The summed E-state index contributed by atoms with van der Waals surface area (Å²) in [5.41, 5.74) is 3.35. The third-order valence-corrected chi connectivity index (χ3v) is 2.93. The van der Waals surface area contributed by atoms with Crippen molar-refractivity contribution in [2.24, 2.45) is 5.10 Å². The van der Waals surface area contributed by atoms with E-state index < -0.39 is 5.91 Å². The molecular weight excluding hydrogens is 336 g/mol. The maximum absolute atomic E-state index is 11.7. The quantitative estimate of drug-likeness (QED) is 0.664. The Morgan fingerprint density at radius 3 is 3.05 bits per heavy atom. The Balaban J connectivity index is 2.07. The zero-order valence-corrected chi connectivity index (χ0v) is 12.9. The number of amides is 1. The summed E-state index contributed by atoms with van der Waals surface area (Å²) in [7, 11) is 0. The highest BCUT2D eigenvalue weighted by atomic mass is 79.9. The van der Waals surface area contributed by atoms with Gasteiger partial charge in [0.15, 0.2) is 0 Å². The maximum atomic E-state index is 11.7. The summed E-state index contributed by atoms with van der Waals surface area (Å²) >= 11 is 3.38. The fourth-order valence-corrected chi connectivity index (χ4v) is 1.92. The summed E-state index contributed by atoms with van der Waals surface area (Å²) in [5, 5.41) is 3.91. The Kier molecular flexibility index (Phi) is 5.39. The fourth-order valence-electron chi connectivity index (χ4n) is 1.54. The van der Waals surface area contributed by atoms with E-state index in [4.69, 9.17) is 4.74 Å². The van der Waals surface area contributed by atoms with Crippen molar-refractivity contribution in [2.75, 3.05) is 6.61 Å². The van der Waals surface area contributed by atoms with E-state index in [9.17, 15) is 4.79 Å². The molecule has 0 spiro atoms. The molecule has 7 heteroatoms. The van der Waals surface area contributed by atoms with E-state index >= 15 is 0 Å². The average Bonchev–Trinajstić information content (AvgIpc) is 2.51. The van der Waals surface area contributed by atoms with Crippen LogP contribution in [0.25, 0.3) is 0 Å². The summed E-state index contributed by atoms with van der Waals surface area (Å²) in [6.45, 7) is 2.45. The zero-order chi connectivity index (χ0) is 15.1. The minimum absolute atomic E-state index is 0.203. The van der Waals surface area contributed by atoms with Crippen molar-refractivity contribution in [3.63, 3.8) is 0 Å². The number of benzene rings is 1. The molecule has 0 bridgehead atoms. The van der Waals surface area contributed by atoms with Gasteiger partial charge in [0.25, 0.3) is 5.91 Å². The molecule has 2 rings (SSSR count). The third kappa shape index (κ3) is 4.35. The van der Waals surface area contributed by atoms with Crippen LogP contribution in [0.2, 0.25) is 0 Å². The first-order valence-electron chi connectivity index (χ1n) is 6.22. The minimum Gasteiger partial charge on any atom is -0.493 e. The summed E-state index contributed by atoms with van der Waals surface area (Å²) in [5.74, 6) is 0.269. The van der Waals surface area contributed by atoms with E-state index in [2.05, 4.69) is 36.4 Å². The van der Waals surface area contributed by atoms with Gasteiger partial charge in [0.2, 0.25) is 0 Å². The van der Waals surface area contributed by atoms with Crippen molar-refractivity contribution < 1.29 is 9.53 Å². The predicted molar refractivity (Wildman–Crippen MR) is 82.4 cm³/mol. The standard InChI is InChI=1S/C14H13BrN4O2/c1-2-21-13-4-3-11(15)7-10(13)8-18-19-14(20)12-9-16-5-6-17-12/h3-9H,2H2,1H3,(H,19,20)/b18-8-. The molecule has 21 heavy (non-hydrogen) atoms. The fraction of sp³-hybridized carbons (Fsp3) is 0.143. The van der Waals surface area contributed by atoms with Crippen LogP contribution >= 0.6 is 15.9 Å². The lowest BCUT2D eigenvalue weighted by atomic mass is 10.2. The molecule has 2 aromatic rings. The van der Waals surface area contributed by atoms with Gasteiger partial charge in [-0.3, -0.25) is 9.78 Å². The van der Waals surface area contributed by atoms with Gasteiger partial charge < -0.3 is 4.74 Å². The normalized spacial score (nSPS) is 10.6. The highest BCUT2D eigenvalue weighted by Gasteiger charge is 2.05. The molecule has 0 saturated carbocycles. The summed E-state index contributed by atoms with van der Waals surface area (Å²) < 4.78 is 6.38. The number of hydrogen-bond donors (Lipinski definition) is 1. The Morgan fingerprint density at radius 2 is 2.33 bits per heavy atom. The minimum atomic E-state index is -0.424. The molecule has 0 aliphatic rings. The van der Waals surface area contributed by atoms with Gasteiger partial charge in [-0.05, 0) is 25.1 Å². The van der Waals surface area contributed by atoms with Gasteiger partial charge in [0.05, 0.1) is 19.0 Å². The second kappa shape index (κ2) is 7.49. The van der Waals surface area contributed by atoms with Crippen LogP contribution in [-0.4, -0.2) is 28.7 Å². The number of carbonyl (C=O) groups is 1. The molecular formula is C14H13BrN4O2. The first-order chi connectivity index (χ1) is 10.2. The van der Waals surface area contributed by atoms with Gasteiger partial charge in [-0.2, -0.15) is 5.10 Å². The lowest BCUT2D eigenvalue weighted by molar-refractivity contribution is 0.0949. The van der Waals surface area contributed by atoms with Crippen molar-refractivity contribution >= 4 is 28.1 Å². The Morgan fingerprint density at radius 1 is 1.48 bits per heavy atom. The summed E-state index contributed by atoms with van der Waals surface area (Å²) in [6, 6.07) is 5.56. The summed E-state index contributed by atoms with van der Waals surface area (Å²) in [6.07, 6.45) is 5.83. The number of carbonyl (C=O) groups excluding carboxylic acids is 1. The topological polar surface area (TPSA) is 76.5 Å². The molecule has 108 valence electrons. The number of hydrazone groups is 1. The van der Waals surface area contributed by atoms with Crippen molar-refractivity contribution in [3.8, 4) is 5.75 Å². The van der Waals surface area contributed by atoms with E-state index in [-0.39, 0.29) is 5.69 Å². The van der Waals surface area contributed by atoms with E-state index in [0.717, 1.165) is 10.0 Å². The number of hydrogen-bond acceptors (Lipinski definition) is 5. The van der Waals surface area contributed by atoms with Crippen molar-refractivity contribution in [1.82, 2.24) is 15.4 Å². The van der Waals surface area contributed by atoms with Crippen LogP contribution in [0, 0.1) is 0 Å². The number of ether oxygens (including phenoxy) is 1. The van der Waals surface area contributed by atoms with Crippen LogP contribution in [0.1, 0.15) is 23.0 Å². The number of nitrogens with zero attached hydrogens (tertiary/aromatic N) is 3. The molecule has 1 amide bonds. The predicted octanol–water partition coefficient (Wildman–Crippen LogP) is 2.40. The number of nitrogens with one attached hydrogen (secondary N) is 1. The molecule has 6 nitrogen and oxygen atoms in total. The largest absolute Gasteiger partial charge is 0.493 e. The van der Waals surface area contributed by atoms with E-state index in [1.165, 1.54) is 24.8 Å². The van der Waals surface area contributed by atoms with Crippen molar-refractivity contribution in [1.29, 1.82) is 0 Å². The molecule has 0 unspecified atom stereocenters. The van der Waals surface area contributed by atoms with E-state index in [1.807, 2.05) is 25.1 Å². The molecule has 0 aliphatic heterocycles. The highest BCUT2D eigenvalue weighted by molar-refractivity contribution is 9.10. The molecule has 1 heterocycles. The van der Waals surface area contributed by atoms with Crippen molar-refractivity contribution in [3.05, 3.63) is 52.5 Å². The first-order valence-corrected chi connectivity index (χ1v) is 7.01. The highest BCUT2D eigenvalue weighted by Crippen LogP contribution is 2.21. The Hall–Kier alpha value is -2.28. The van der Waals surface area contributed by atoms with Crippen LogP contribution in [0.4, 0.5) is 0 Å². The maximum Gasteiger partial charge on any atom is 0.291 e. The smallest absolute Gasteiger partial charge is 0.291 e. The van der Waals surface area contributed by atoms with Crippen LogP contribution in [0.3, 0.4) is 0 Å². The van der Waals surface area contributed by atoms with Gasteiger partial charge in [-0.25, -0.2) is 10.4 Å². The van der Waals surface area contributed by atoms with E-state index in [0.29, 0.717) is 12.4 Å². The lowest BCUT2D eigenvalue weighted by Crippen LogP contribution is -2.19. The molecule has 1 aromatic carbocycles. The Bertz CT molecular complexity index is 647. The Labute approximate surface area is 130 Å². The van der Waals surface area contributed by atoms with Crippen LogP contribution < -0.4 is 10.2 Å². The third-order valence-electron chi connectivity index (χ3n) is 2.44. The van der Waals surface area contributed by atoms with Gasteiger partial charge in [-0.15, -0.1) is 0 Å². The van der Waals surface area contributed by atoms with Crippen LogP contribution in [0.15, 0.2) is 46.4 Å². The molecule has 1 aromatic heterocycles. The van der Waals surface area contributed by atoms with Crippen LogP contribution in [0.5, 0.6) is 5.75 Å².